The Morgan fingerprint density at radius 3 is 2.60 bits per heavy atom. The summed E-state index contributed by atoms with van der Waals surface area (Å²) < 4.78 is 4.82. The summed E-state index contributed by atoms with van der Waals surface area (Å²) in [5.41, 5.74) is 7.69. The summed E-state index contributed by atoms with van der Waals surface area (Å²) in [6, 6.07) is 7.73. The smallest absolute Gasteiger partial charge is 0.241 e. The molecule has 20 heavy (non-hydrogen) atoms. The third kappa shape index (κ3) is 7.95. The summed E-state index contributed by atoms with van der Waals surface area (Å²) in [4.78, 5) is 15.3. The highest BCUT2D eigenvalue weighted by Crippen LogP contribution is 2.07. The van der Waals surface area contributed by atoms with Crippen LogP contribution in [0, 0.1) is 6.92 Å². The largest absolute Gasteiger partial charge is 0.383 e. The Morgan fingerprint density at radius 1 is 1.35 bits per heavy atom. The molecule has 0 radical (unpaired) electrons. The number of aliphatic imine (C=N–C) groups is 1. The van der Waals surface area contributed by atoms with E-state index in [9.17, 15) is 4.79 Å². The number of amides is 1. The predicted molar refractivity (Wildman–Crippen MR) is 91.6 cm³/mol. The minimum absolute atomic E-state index is 0. The monoisotopic (exact) mass is 392 g/mol. The van der Waals surface area contributed by atoms with Crippen LogP contribution in [-0.2, 0) is 9.53 Å². The van der Waals surface area contributed by atoms with E-state index in [-0.39, 0.29) is 42.4 Å². The lowest BCUT2D eigenvalue weighted by Crippen LogP contribution is -2.31. The number of carbonyl (C=O) groups excluding carboxylic acids is 1. The molecule has 0 saturated carbocycles. The van der Waals surface area contributed by atoms with Gasteiger partial charge in [0.25, 0.3) is 0 Å². The zero-order valence-corrected chi connectivity index (χ0v) is 14.0. The number of anilines is 1. The first-order valence-electron chi connectivity index (χ1n) is 6.01. The van der Waals surface area contributed by atoms with Crippen LogP contribution in [0.25, 0.3) is 0 Å². The number of nitrogens with two attached hydrogens (primary N) is 1. The molecular weight excluding hydrogens is 371 g/mol. The Hall–Kier alpha value is -1.35. The molecule has 0 fully saturated rings. The number of halogens is 1. The lowest BCUT2D eigenvalue weighted by atomic mass is 10.2. The van der Waals surface area contributed by atoms with E-state index < -0.39 is 0 Å². The summed E-state index contributed by atoms with van der Waals surface area (Å²) in [6.07, 6.45) is 0. The first-order valence-corrected chi connectivity index (χ1v) is 6.01. The number of methoxy groups -OCH3 is 1. The van der Waals surface area contributed by atoms with Gasteiger partial charge in [-0.2, -0.15) is 0 Å². The third-order valence-electron chi connectivity index (χ3n) is 2.35. The van der Waals surface area contributed by atoms with Gasteiger partial charge in [-0.15, -0.1) is 24.0 Å². The second-order valence-corrected chi connectivity index (χ2v) is 4.04. The molecule has 0 heterocycles. The number of guanidine groups is 1. The van der Waals surface area contributed by atoms with Crippen LogP contribution in [0.3, 0.4) is 0 Å². The molecule has 1 rings (SSSR count). The first kappa shape index (κ1) is 18.7. The molecule has 0 bridgehead atoms. The van der Waals surface area contributed by atoms with Gasteiger partial charge in [0.2, 0.25) is 5.91 Å². The minimum atomic E-state index is -0.189. The number of hydrogen-bond donors (Lipinski definition) is 3. The average Bonchev–Trinajstić information content (AvgIpc) is 2.39. The van der Waals surface area contributed by atoms with E-state index in [1.54, 1.807) is 7.11 Å². The Kier molecular flexibility index (Phi) is 9.73. The van der Waals surface area contributed by atoms with Gasteiger partial charge in [0.1, 0.15) is 6.54 Å². The number of benzene rings is 1. The second-order valence-electron chi connectivity index (χ2n) is 4.04. The molecule has 4 N–H and O–H groups in total. The molecule has 0 unspecified atom stereocenters. The van der Waals surface area contributed by atoms with E-state index in [2.05, 4.69) is 15.6 Å². The number of hydrogen-bond acceptors (Lipinski definition) is 3. The molecule has 1 amide bonds. The predicted octanol–water partition coefficient (Wildman–Crippen LogP) is 1.10. The molecule has 0 aliphatic heterocycles. The van der Waals surface area contributed by atoms with E-state index >= 15 is 0 Å². The van der Waals surface area contributed by atoms with Crippen LogP contribution in [0.15, 0.2) is 29.3 Å². The number of nitrogens with zero attached hydrogens (tertiary/aromatic N) is 1. The van der Waals surface area contributed by atoms with Crippen molar-refractivity contribution < 1.29 is 9.53 Å². The molecule has 0 aromatic heterocycles. The SMILES string of the molecule is COCCNC(=O)CN=C(N)Nc1ccc(C)cc1.I. The van der Waals surface area contributed by atoms with Crippen LogP contribution in [0.2, 0.25) is 0 Å². The molecule has 0 aliphatic rings. The second kappa shape index (κ2) is 10.4. The number of rotatable bonds is 6. The number of aryl methyl sites for hydroxylation is 1. The van der Waals surface area contributed by atoms with E-state index in [0.717, 1.165) is 5.69 Å². The van der Waals surface area contributed by atoms with Crippen molar-refractivity contribution >= 4 is 41.5 Å². The highest BCUT2D eigenvalue weighted by Gasteiger charge is 2.00. The Balaban J connectivity index is 0.00000361. The Morgan fingerprint density at radius 2 is 2.00 bits per heavy atom. The molecule has 112 valence electrons. The van der Waals surface area contributed by atoms with Crippen LogP contribution in [0.5, 0.6) is 0 Å². The van der Waals surface area contributed by atoms with Crippen LogP contribution >= 0.6 is 24.0 Å². The quantitative estimate of drug-likeness (QED) is 0.293. The average molecular weight is 392 g/mol. The van der Waals surface area contributed by atoms with Gasteiger partial charge in [0.15, 0.2) is 5.96 Å². The fourth-order valence-corrected chi connectivity index (χ4v) is 1.33. The van der Waals surface area contributed by atoms with Crippen molar-refractivity contribution in [1.29, 1.82) is 0 Å². The Bertz CT molecular complexity index is 435. The fourth-order valence-electron chi connectivity index (χ4n) is 1.33. The zero-order valence-electron chi connectivity index (χ0n) is 11.7. The van der Waals surface area contributed by atoms with E-state index in [1.165, 1.54) is 5.56 Å². The maximum atomic E-state index is 11.4. The van der Waals surface area contributed by atoms with Gasteiger partial charge in [-0.25, -0.2) is 4.99 Å². The lowest BCUT2D eigenvalue weighted by molar-refractivity contribution is -0.119. The van der Waals surface area contributed by atoms with Crippen molar-refractivity contribution in [2.45, 2.75) is 6.92 Å². The van der Waals surface area contributed by atoms with Gasteiger partial charge >= 0.3 is 0 Å². The summed E-state index contributed by atoms with van der Waals surface area (Å²) in [6.45, 7) is 2.95. The highest BCUT2D eigenvalue weighted by molar-refractivity contribution is 14.0. The number of nitrogens with one attached hydrogen (secondary N) is 2. The van der Waals surface area contributed by atoms with E-state index in [4.69, 9.17) is 10.5 Å². The van der Waals surface area contributed by atoms with Gasteiger partial charge in [0, 0.05) is 19.3 Å². The maximum absolute atomic E-state index is 11.4. The topological polar surface area (TPSA) is 88.7 Å². The van der Waals surface area contributed by atoms with Crippen LogP contribution in [0.1, 0.15) is 5.56 Å². The zero-order chi connectivity index (χ0) is 14.1. The molecule has 6 nitrogen and oxygen atoms in total. The molecule has 0 spiro atoms. The van der Waals surface area contributed by atoms with Gasteiger partial charge < -0.3 is 21.1 Å². The van der Waals surface area contributed by atoms with Crippen LogP contribution in [0.4, 0.5) is 5.69 Å². The van der Waals surface area contributed by atoms with Crippen molar-refractivity contribution in [3.05, 3.63) is 29.8 Å². The molecule has 0 aliphatic carbocycles. The van der Waals surface area contributed by atoms with Crippen molar-refractivity contribution in [3.63, 3.8) is 0 Å². The first-order chi connectivity index (χ1) is 9.11. The maximum Gasteiger partial charge on any atom is 0.241 e. The lowest BCUT2D eigenvalue weighted by Gasteiger charge is -2.06. The standard InChI is InChI=1S/C13H20N4O2.HI/c1-10-3-5-11(6-4-10)17-13(14)16-9-12(18)15-7-8-19-2;/h3-6H,7-9H2,1-2H3,(H,15,18)(H3,14,16,17);1H. The highest BCUT2D eigenvalue weighted by atomic mass is 127. The molecule has 0 atom stereocenters. The minimum Gasteiger partial charge on any atom is -0.383 e. The van der Waals surface area contributed by atoms with E-state index in [0.29, 0.717) is 13.2 Å². The summed E-state index contributed by atoms with van der Waals surface area (Å²) >= 11 is 0. The Labute approximate surface area is 136 Å². The van der Waals surface area contributed by atoms with Crippen LogP contribution < -0.4 is 16.4 Å². The van der Waals surface area contributed by atoms with Gasteiger partial charge in [-0.3, -0.25) is 4.79 Å². The van der Waals surface area contributed by atoms with Crippen LogP contribution in [-0.4, -0.2) is 38.7 Å². The van der Waals surface area contributed by atoms with Crippen molar-refractivity contribution in [2.75, 3.05) is 32.1 Å². The number of carbonyl (C=O) groups is 1. The summed E-state index contributed by atoms with van der Waals surface area (Å²) in [5, 5.41) is 5.57. The van der Waals surface area contributed by atoms with Crippen molar-refractivity contribution in [2.24, 2.45) is 10.7 Å². The molecular formula is C13H21IN4O2. The van der Waals surface area contributed by atoms with E-state index in [1.807, 2.05) is 31.2 Å². The van der Waals surface area contributed by atoms with Crippen molar-refractivity contribution in [1.82, 2.24) is 5.32 Å². The van der Waals surface area contributed by atoms with Crippen molar-refractivity contribution in [3.8, 4) is 0 Å². The number of ether oxygens (including phenoxy) is 1. The molecule has 7 heteroatoms. The molecule has 1 aromatic carbocycles. The molecule has 0 saturated heterocycles. The van der Waals surface area contributed by atoms with Gasteiger partial charge in [0.05, 0.1) is 6.61 Å². The molecule has 1 aromatic rings. The summed E-state index contributed by atoms with van der Waals surface area (Å²) in [7, 11) is 1.58. The summed E-state index contributed by atoms with van der Waals surface area (Å²) in [5.74, 6) is 0.0245. The van der Waals surface area contributed by atoms with Gasteiger partial charge in [-0.05, 0) is 19.1 Å². The normalized spacial score (nSPS) is 10.6. The fraction of sp³-hybridized carbons (Fsp3) is 0.385. The van der Waals surface area contributed by atoms with Gasteiger partial charge in [-0.1, -0.05) is 17.7 Å². The third-order valence-corrected chi connectivity index (χ3v) is 2.35.